The summed E-state index contributed by atoms with van der Waals surface area (Å²) in [5.41, 5.74) is 1.38. The summed E-state index contributed by atoms with van der Waals surface area (Å²) in [6, 6.07) is 8.68. The largest absolute Gasteiger partial charge is 0.573 e. The molecule has 0 amide bonds. The molecule has 1 N–H and O–H groups in total. The van der Waals surface area contributed by atoms with Gasteiger partial charge in [-0.15, -0.1) is 38.0 Å². The van der Waals surface area contributed by atoms with Crippen LogP contribution in [-0.2, 0) is 0 Å². The van der Waals surface area contributed by atoms with Crippen molar-refractivity contribution in [1.29, 1.82) is 0 Å². The van der Waals surface area contributed by atoms with Crippen LogP contribution in [0.2, 0.25) is 15.1 Å². The third-order valence-corrected chi connectivity index (χ3v) is 5.45. The topological polar surface area (TPSA) is 24.5 Å². The second-order valence-corrected chi connectivity index (χ2v) is 7.25. The molecule has 0 unspecified atom stereocenters. The van der Waals surface area contributed by atoms with Crippen molar-refractivity contribution in [1.82, 2.24) is 10.2 Å². The van der Waals surface area contributed by atoms with E-state index in [4.69, 9.17) is 34.8 Å². The Bertz CT molecular complexity index is 799. The lowest BCUT2D eigenvalue weighted by Gasteiger charge is -2.36. The third-order valence-electron chi connectivity index (χ3n) is 4.30. The molecule has 0 bridgehead atoms. The van der Waals surface area contributed by atoms with Crippen LogP contribution in [0.5, 0.6) is 5.75 Å². The average molecular weight is 513 g/mol. The van der Waals surface area contributed by atoms with Crippen molar-refractivity contribution in [2.24, 2.45) is 0 Å². The number of halogens is 8. The molecule has 1 saturated heterocycles. The molecule has 1 fully saturated rings. The normalized spacial score (nSPS) is 15.8. The molecule has 2 aromatic carbocycles. The fourth-order valence-corrected chi connectivity index (χ4v) is 3.89. The predicted octanol–water partition coefficient (Wildman–Crippen LogP) is 6.38. The van der Waals surface area contributed by atoms with Gasteiger partial charge in [0.25, 0.3) is 0 Å². The zero-order chi connectivity index (χ0) is 19.6. The summed E-state index contributed by atoms with van der Waals surface area (Å²) in [5.74, 6) is -0.284. The number of hydrogen-bond donors (Lipinski definition) is 1. The molecule has 0 spiro atoms. The highest BCUT2D eigenvalue weighted by Gasteiger charge is 2.32. The maximum absolute atomic E-state index is 12.4. The number of alkyl halides is 3. The summed E-state index contributed by atoms with van der Waals surface area (Å²) < 4.78 is 41.2. The number of hydrogen-bond acceptors (Lipinski definition) is 3. The van der Waals surface area contributed by atoms with Crippen LogP contribution in [0.3, 0.4) is 0 Å². The van der Waals surface area contributed by atoms with E-state index in [-0.39, 0.29) is 36.6 Å². The fourth-order valence-electron chi connectivity index (χ4n) is 3.15. The highest BCUT2D eigenvalue weighted by molar-refractivity contribution is 6.44. The first kappa shape index (κ1) is 26.4. The van der Waals surface area contributed by atoms with Crippen LogP contribution < -0.4 is 10.1 Å². The Hall–Kier alpha value is -0.600. The Kier molecular flexibility index (Phi) is 10.2. The van der Waals surface area contributed by atoms with Crippen LogP contribution in [0.25, 0.3) is 0 Å². The van der Waals surface area contributed by atoms with Crippen LogP contribution in [0, 0.1) is 0 Å². The summed E-state index contributed by atoms with van der Waals surface area (Å²) in [5, 5.41) is 4.42. The number of piperazine rings is 1. The molecule has 162 valence electrons. The molecular weight excluding hydrogens is 494 g/mol. The van der Waals surface area contributed by atoms with Gasteiger partial charge in [-0.3, -0.25) is 4.90 Å². The molecule has 1 atom stereocenters. The molecule has 1 aliphatic rings. The van der Waals surface area contributed by atoms with Crippen molar-refractivity contribution in [2.75, 3.05) is 26.2 Å². The number of nitrogens with one attached hydrogen (secondary N) is 1. The molecule has 0 aliphatic carbocycles. The van der Waals surface area contributed by atoms with Gasteiger partial charge < -0.3 is 10.1 Å². The van der Waals surface area contributed by atoms with Gasteiger partial charge in [0.2, 0.25) is 0 Å². The standard InChI is InChI=1S/C18H16Cl3F3N2O.2ClH/c19-13-5-6-14(20)16(21)15(13)17(26-9-7-25-8-10-26)11-1-3-12(4-2-11)27-18(22,23)24;;/h1-6,17,25H,7-10H2;2*1H/t17-;;/m0../s1. The maximum Gasteiger partial charge on any atom is 0.573 e. The first-order chi connectivity index (χ1) is 12.8. The summed E-state index contributed by atoms with van der Waals surface area (Å²) in [4.78, 5) is 2.17. The quantitative estimate of drug-likeness (QED) is 0.481. The van der Waals surface area contributed by atoms with Crippen molar-refractivity contribution in [2.45, 2.75) is 12.4 Å². The Labute approximate surface area is 194 Å². The summed E-state index contributed by atoms with van der Waals surface area (Å²) in [7, 11) is 0. The van der Waals surface area contributed by atoms with Gasteiger partial charge in [0, 0.05) is 36.8 Å². The summed E-state index contributed by atoms with van der Waals surface area (Å²) >= 11 is 19.1. The molecule has 0 radical (unpaired) electrons. The molecule has 1 heterocycles. The van der Waals surface area contributed by atoms with E-state index in [0.717, 1.165) is 31.7 Å². The zero-order valence-electron chi connectivity index (χ0n) is 14.8. The van der Waals surface area contributed by atoms with Gasteiger partial charge in [0.1, 0.15) is 5.75 Å². The van der Waals surface area contributed by atoms with Gasteiger partial charge in [0.15, 0.2) is 0 Å². The van der Waals surface area contributed by atoms with Gasteiger partial charge >= 0.3 is 6.36 Å². The minimum absolute atomic E-state index is 0. The first-order valence-corrected chi connectivity index (χ1v) is 9.33. The van der Waals surface area contributed by atoms with E-state index in [0.29, 0.717) is 20.6 Å². The van der Waals surface area contributed by atoms with Gasteiger partial charge in [-0.1, -0.05) is 46.9 Å². The number of ether oxygens (including phenoxy) is 1. The predicted molar refractivity (Wildman–Crippen MR) is 115 cm³/mol. The minimum Gasteiger partial charge on any atom is -0.406 e. The maximum atomic E-state index is 12.4. The molecule has 0 aromatic heterocycles. The first-order valence-electron chi connectivity index (χ1n) is 8.20. The second kappa shape index (κ2) is 11.1. The third kappa shape index (κ3) is 6.69. The smallest absolute Gasteiger partial charge is 0.406 e. The van der Waals surface area contributed by atoms with E-state index in [1.54, 1.807) is 24.3 Å². The summed E-state index contributed by atoms with van der Waals surface area (Å²) in [6.07, 6.45) is -4.74. The SMILES string of the molecule is Cl.Cl.FC(F)(F)Oc1ccc([C@@H](c2c(Cl)ccc(Cl)c2Cl)N2CCNCC2)cc1. The second-order valence-electron chi connectivity index (χ2n) is 6.06. The van der Waals surface area contributed by atoms with Crippen LogP contribution in [0.1, 0.15) is 17.2 Å². The Morgan fingerprint density at radius 2 is 1.45 bits per heavy atom. The highest BCUT2D eigenvalue weighted by atomic mass is 35.5. The van der Waals surface area contributed by atoms with Crippen LogP contribution in [0.15, 0.2) is 36.4 Å². The lowest BCUT2D eigenvalue weighted by atomic mass is 9.96. The fraction of sp³-hybridized carbons (Fsp3) is 0.333. The Balaban J connectivity index is 0.00000210. The molecule has 1 aliphatic heterocycles. The van der Waals surface area contributed by atoms with E-state index >= 15 is 0 Å². The number of rotatable bonds is 4. The zero-order valence-corrected chi connectivity index (χ0v) is 18.7. The van der Waals surface area contributed by atoms with Crippen molar-refractivity contribution in [3.8, 4) is 5.75 Å². The van der Waals surface area contributed by atoms with E-state index in [9.17, 15) is 13.2 Å². The molecule has 2 aromatic rings. The van der Waals surface area contributed by atoms with Crippen molar-refractivity contribution in [3.63, 3.8) is 0 Å². The minimum atomic E-state index is -4.74. The van der Waals surface area contributed by atoms with Gasteiger partial charge in [0.05, 0.1) is 16.1 Å². The molecule has 29 heavy (non-hydrogen) atoms. The summed E-state index contributed by atoms with van der Waals surface area (Å²) in [6.45, 7) is 3.01. The number of benzene rings is 2. The van der Waals surface area contributed by atoms with Crippen molar-refractivity contribution >= 4 is 59.6 Å². The average Bonchev–Trinajstić information content (AvgIpc) is 2.62. The van der Waals surface area contributed by atoms with Crippen LogP contribution >= 0.6 is 59.6 Å². The van der Waals surface area contributed by atoms with E-state index in [1.165, 1.54) is 12.1 Å². The lowest BCUT2D eigenvalue weighted by molar-refractivity contribution is -0.274. The van der Waals surface area contributed by atoms with E-state index in [2.05, 4.69) is 15.0 Å². The molecule has 11 heteroatoms. The van der Waals surface area contributed by atoms with Crippen LogP contribution in [-0.4, -0.2) is 37.4 Å². The van der Waals surface area contributed by atoms with Crippen LogP contribution in [0.4, 0.5) is 13.2 Å². The molecule has 0 saturated carbocycles. The Morgan fingerprint density at radius 3 is 2.00 bits per heavy atom. The van der Waals surface area contributed by atoms with Gasteiger partial charge in [-0.2, -0.15) is 0 Å². The van der Waals surface area contributed by atoms with Crippen molar-refractivity contribution in [3.05, 3.63) is 62.6 Å². The monoisotopic (exact) mass is 510 g/mol. The number of nitrogens with zero attached hydrogens (tertiary/aromatic N) is 1. The highest BCUT2D eigenvalue weighted by Crippen LogP contribution is 2.41. The van der Waals surface area contributed by atoms with E-state index < -0.39 is 6.36 Å². The van der Waals surface area contributed by atoms with E-state index in [1.807, 2.05) is 0 Å². The molecular formula is C18H18Cl5F3N2O. The van der Waals surface area contributed by atoms with Crippen molar-refractivity contribution < 1.29 is 17.9 Å². The molecule has 3 nitrogen and oxygen atoms in total. The molecule has 3 rings (SSSR count). The Morgan fingerprint density at radius 1 is 0.897 bits per heavy atom. The van der Waals surface area contributed by atoms with Gasteiger partial charge in [-0.25, -0.2) is 0 Å². The lowest BCUT2D eigenvalue weighted by Crippen LogP contribution is -2.45. The van der Waals surface area contributed by atoms with Gasteiger partial charge in [-0.05, 0) is 29.8 Å².